The second-order valence-electron chi connectivity index (χ2n) is 4.10. The first kappa shape index (κ1) is 16.2. The Balaban J connectivity index is 2.35. The fourth-order valence-electron chi connectivity index (χ4n) is 1.74. The molecule has 0 aliphatic carbocycles. The third-order valence-electron chi connectivity index (χ3n) is 2.67. The number of imide groups is 1. The van der Waals surface area contributed by atoms with Crippen LogP contribution in [0.15, 0.2) is 27.6 Å². The van der Waals surface area contributed by atoms with Crippen molar-refractivity contribution in [1.29, 1.82) is 5.26 Å². The third kappa shape index (κ3) is 3.51. The molecule has 1 heterocycles. The second kappa shape index (κ2) is 7.17. The van der Waals surface area contributed by atoms with Crippen molar-refractivity contribution in [1.82, 2.24) is 4.90 Å². The van der Waals surface area contributed by atoms with Crippen molar-refractivity contribution in [2.45, 2.75) is 0 Å². The lowest BCUT2D eigenvalue weighted by atomic mass is 10.2. The summed E-state index contributed by atoms with van der Waals surface area (Å²) < 4.78 is 6.09. The van der Waals surface area contributed by atoms with Crippen LogP contribution in [0.2, 0.25) is 0 Å². The maximum atomic E-state index is 12.1. The van der Waals surface area contributed by atoms with Gasteiger partial charge in [-0.1, -0.05) is 21.9 Å². The molecule has 2 rings (SSSR count). The lowest BCUT2D eigenvalue weighted by Crippen LogP contribution is -2.28. The molecule has 7 heteroatoms. The van der Waals surface area contributed by atoms with Gasteiger partial charge in [-0.25, -0.2) is 0 Å². The molecule has 0 bridgehead atoms. The Morgan fingerprint density at radius 3 is 2.91 bits per heavy atom. The van der Waals surface area contributed by atoms with Gasteiger partial charge in [-0.05, 0) is 36.0 Å². The van der Waals surface area contributed by atoms with Crippen LogP contribution in [0.3, 0.4) is 0 Å². The minimum Gasteiger partial charge on any atom is -0.478 e. The first-order valence-corrected chi connectivity index (χ1v) is 7.66. The van der Waals surface area contributed by atoms with Crippen LogP contribution < -0.4 is 4.74 Å². The van der Waals surface area contributed by atoms with E-state index < -0.39 is 11.1 Å². The van der Waals surface area contributed by atoms with Crippen molar-refractivity contribution in [2.75, 3.05) is 13.2 Å². The molecule has 0 radical (unpaired) electrons. The molecule has 1 aliphatic heterocycles. The van der Waals surface area contributed by atoms with E-state index in [0.29, 0.717) is 11.3 Å². The Kier molecular flexibility index (Phi) is 5.26. The third-order valence-corrected chi connectivity index (χ3v) is 4.07. The topological polar surface area (TPSA) is 70.4 Å². The van der Waals surface area contributed by atoms with E-state index >= 15 is 0 Å². The Morgan fingerprint density at radius 2 is 2.23 bits per heavy atom. The number of benzene rings is 1. The van der Waals surface area contributed by atoms with Crippen molar-refractivity contribution in [3.05, 3.63) is 33.1 Å². The molecule has 22 heavy (non-hydrogen) atoms. The number of hydrogen-bond acceptors (Lipinski definition) is 5. The molecule has 1 saturated heterocycles. The highest BCUT2D eigenvalue weighted by Gasteiger charge is 2.34. The van der Waals surface area contributed by atoms with Crippen LogP contribution in [-0.4, -0.2) is 29.2 Å². The lowest BCUT2D eigenvalue weighted by molar-refractivity contribution is -0.122. The van der Waals surface area contributed by atoms with E-state index in [1.54, 1.807) is 24.3 Å². The summed E-state index contributed by atoms with van der Waals surface area (Å²) in [6.45, 7) is -0.167. The number of terminal acetylenes is 1. The zero-order valence-electron chi connectivity index (χ0n) is 11.2. The molecular formula is C15H9BrN2O3S. The van der Waals surface area contributed by atoms with Gasteiger partial charge in [0, 0.05) is 10.0 Å². The average molecular weight is 377 g/mol. The summed E-state index contributed by atoms with van der Waals surface area (Å²) in [5, 5.41) is 8.20. The molecular weight excluding hydrogens is 368 g/mol. The number of rotatable bonds is 4. The van der Waals surface area contributed by atoms with Crippen molar-refractivity contribution in [3.63, 3.8) is 0 Å². The van der Waals surface area contributed by atoms with E-state index in [-0.39, 0.29) is 18.1 Å². The number of ether oxygens (including phenoxy) is 1. The van der Waals surface area contributed by atoms with Crippen LogP contribution >= 0.6 is 27.7 Å². The fourth-order valence-corrected chi connectivity index (χ4v) is 2.95. The molecule has 1 fully saturated rings. The fraction of sp³-hybridized carbons (Fsp3) is 0.133. The average Bonchev–Trinajstić information content (AvgIpc) is 2.74. The highest BCUT2D eigenvalue weighted by Crippen LogP contribution is 2.34. The molecule has 0 aromatic heterocycles. The van der Waals surface area contributed by atoms with Gasteiger partial charge in [-0.15, -0.1) is 6.42 Å². The van der Waals surface area contributed by atoms with Crippen molar-refractivity contribution < 1.29 is 14.3 Å². The standard InChI is InChI=1S/C15H9BrN2O3S/c1-2-6-18-14(19)13(22-15(18)20)9-10-8-11(16)3-4-12(10)21-7-5-17/h1,3-4,8-9H,6-7H2/b13-9+. The first-order valence-electron chi connectivity index (χ1n) is 6.05. The first-order chi connectivity index (χ1) is 10.6. The summed E-state index contributed by atoms with van der Waals surface area (Å²) in [4.78, 5) is 25.2. The van der Waals surface area contributed by atoms with E-state index in [9.17, 15) is 9.59 Å². The van der Waals surface area contributed by atoms with Gasteiger partial charge in [-0.3, -0.25) is 14.5 Å². The van der Waals surface area contributed by atoms with E-state index in [0.717, 1.165) is 21.1 Å². The van der Waals surface area contributed by atoms with E-state index in [1.807, 2.05) is 6.07 Å². The SMILES string of the molecule is C#CCN1C(=O)S/C(=C/c2cc(Br)ccc2OCC#N)C1=O. The Morgan fingerprint density at radius 1 is 1.45 bits per heavy atom. The molecule has 5 nitrogen and oxygen atoms in total. The molecule has 1 aromatic carbocycles. The quantitative estimate of drug-likeness (QED) is 0.596. The van der Waals surface area contributed by atoms with Gasteiger partial charge < -0.3 is 4.74 Å². The zero-order valence-corrected chi connectivity index (χ0v) is 13.6. The van der Waals surface area contributed by atoms with Gasteiger partial charge in [0.1, 0.15) is 11.8 Å². The minimum absolute atomic E-state index is 0.0573. The predicted molar refractivity (Wildman–Crippen MR) is 86.8 cm³/mol. The summed E-state index contributed by atoms with van der Waals surface area (Å²) in [5.41, 5.74) is 0.593. The number of thioether (sulfide) groups is 1. The summed E-state index contributed by atoms with van der Waals surface area (Å²) in [5.74, 6) is 2.30. The summed E-state index contributed by atoms with van der Waals surface area (Å²) in [7, 11) is 0. The molecule has 110 valence electrons. The highest BCUT2D eigenvalue weighted by atomic mass is 79.9. The second-order valence-corrected chi connectivity index (χ2v) is 6.01. The predicted octanol–water partition coefficient (Wildman–Crippen LogP) is 3.02. The zero-order chi connectivity index (χ0) is 16.1. The number of halogens is 1. The summed E-state index contributed by atoms with van der Waals surface area (Å²) in [6, 6.07) is 7.06. The molecule has 0 spiro atoms. The van der Waals surface area contributed by atoms with Gasteiger partial charge in [0.15, 0.2) is 6.61 Å². The lowest BCUT2D eigenvalue weighted by Gasteiger charge is -2.08. The number of nitriles is 1. The maximum Gasteiger partial charge on any atom is 0.294 e. The summed E-state index contributed by atoms with van der Waals surface area (Å²) >= 11 is 4.15. The number of carbonyl (C=O) groups excluding carboxylic acids is 2. The number of amides is 2. The monoisotopic (exact) mass is 376 g/mol. The van der Waals surface area contributed by atoms with Gasteiger partial charge >= 0.3 is 0 Å². The van der Waals surface area contributed by atoms with Crippen molar-refractivity contribution >= 4 is 44.9 Å². The van der Waals surface area contributed by atoms with Gasteiger partial charge in [0.25, 0.3) is 11.1 Å². The summed E-state index contributed by atoms with van der Waals surface area (Å²) in [6.07, 6.45) is 6.70. The van der Waals surface area contributed by atoms with Crippen molar-refractivity contribution in [3.8, 4) is 24.2 Å². The van der Waals surface area contributed by atoms with Gasteiger partial charge in [-0.2, -0.15) is 5.26 Å². The van der Waals surface area contributed by atoms with Gasteiger partial charge in [0.2, 0.25) is 0 Å². The van der Waals surface area contributed by atoms with Gasteiger partial charge in [0.05, 0.1) is 11.4 Å². The number of carbonyl (C=O) groups is 2. The number of hydrogen-bond donors (Lipinski definition) is 0. The van der Waals surface area contributed by atoms with Crippen LogP contribution in [-0.2, 0) is 4.79 Å². The van der Waals surface area contributed by atoms with Crippen LogP contribution in [0, 0.1) is 23.7 Å². The molecule has 1 aliphatic rings. The smallest absolute Gasteiger partial charge is 0.294 e. The highest BCUT2D eigenvalue weighted by molar-refractivity contribution is 9.10. The molecule has 2 amide bonds. The Hall–Kier alpha value is -2.22. The minimum atomic E-state index is -0.431. The van der Waals surface area contributed by atoms with Crippen LogP contribution in [0.4, 0.5) is 4.79 Å². The Labute approximate surface area is 140 Å². The molecule has 0 saturated carbocycles. The molecule has 0 N–H and O–H groups in total. The van der Waals surface area contributed by atoms with Crippen LogP contribution in [0.1, 0.15) is 5.56 Å². The van der Waals surface area contributed by atoms with Crippen LogP contribution in [0.5, 0.6) is 5.75 Å². The van der Waals surface area contributed by atoms with E-state index in [2.05, 4.69) is 21.9 Å². The molecule has 1 aromatic rings. The van der Waals surface area contributed by atoms with Crippen LogP contribution in [0.25, 0.3) is 6.08 Å². The van der Waals surface area contributed by atoms with E-state index in [1.165, 1.54) is 0 Å². The largest absolute Gasteiger partial charge is 0.478 e. The molecule has 0 atom stereocenters. The number of nitrogens with zero attached hydrogens (tertiary/aromatic N) is 2. The Bertz CT molecular complexity index is 746. The normalized spacial score (nSPS) is 15.8. The molecule has 0 unspecified atom stereocenters. The maximum absolute atomic E-state index is 12.1. The van der Waals surface area contributed by atoms with Crippen molar-refractivity contribution in [2.24, 2.45) is 0 Å². The van der Waals surface area contributed by atoms with E-state index in [4.69, 9.17) is 16.4 Å².